The Labute approximate surface area is 113 Å². The smallest absolute Gasteiger partial charge is 0.150 e. The molecule has 1 saturated heterocycles. The van der Waals surface area contributed by atoms with Gasteiger partial charge in [-0.05, 0) is 26.1 Å². The summed E-state index contributed by atoms with van der Waals surface area (Å²) in [5.74, 6) is 0.757. The number of rotatable bonds is 3. The van der Waals surface area contributed by atoms with Gasteiger partial charge in [-0.15, -0.1) is 0 Å². The van der Waals surface area contributed by atoms with E-state index in [9.17, 15) is 0 Å². The van der Waals surface area contributed by atoms with E-state index in [4.69, 9.17) is 18.0 Å². The summed E-state index contributed by atoms with van der Waals surface area (Å²) in [6.07, 6.45) is 0. The summed E-state index contributed by atoms with van der Waals surface area (Å²) in [5.41, 5.74) is 10.8. The first-order valence-corrected chi connectivity index (χ1v) is 6.44. The van der Waals surface area contributed by atoms with Crippen molar-refractivity contribution in [2.24, 2.45) is 5.73 Å². The molecule has 1 aromatic rings. The number of hydrazine groups is 1. The molecule has 18 heavy (non-hydrogen) atoms. The molecule has 0 radical (unpaired) electrons. The summed E-state index contributed by atoms with van der Waals surface area (Å²) in [5, 5.41) is 2.16. The molecule has 2 rings (SSSR count). The van der Waals surface area contributed by atoms with E-state index in [0.717, 1.165) is 43.3 Å². The van der Waals surface area contributed by atoms with Crippen molar-refractivity contribution in [2.75, 3.05) is 38.7 Å². The van der Waals surface area contributed by atoms with E-state index in [1.54, 1.807) is 0 Å². The van der Waals surface area contributed by atoms with Gasteiger partial charge in [-0.25, -0.2) is 9.99 Å². The van der Waals surface area contributed by atoms with Crippen molar-refractivity contribution in [1.29, 1.82) is 0 Å². The van der Waals surface area contributed by atoms with Crippen molar-refractivity contribution in [3.63, 3.8) is 0 Å². The molecule has 0 unspecified atom stereocenters. The lowest BCUT2D eigenvalue weighted by atomic mass is 10.2. The number of nitrogens with two attached hydrogens (primary N) is 1. The summed E-state index contributed by atoms with van der Waals surface area (Å²) < 4.78 is 0. The fourth-order valence-corrected chi connectivity index (χ4v) is 2.07. The molecule has 5 nitrogen and oxygen atoms in total. The Morgan fingerprint density at radius 3 is 2.61 bits per heavy atom. The summed E-state index contributed by atoms with van der Waals surface area (Å²) in [4.78, 5) is 7.15. The topological polar surface area (TPSA) is 57.4 Å². The van der Waals surface area contributed by atoms with Crippen LogP contribution in [0.25, 0.3) is 0 Å². The van der Waals surface area contributed by atoms with Crippen molar-refractivity contribution in [3.8, 4) is 0 Å². The van der Waals surface area contributed by atoms with Crippen molar-refractivity contribution < 1.29 is 0 Å². The second kappa shape index (κ2) is 5.60. The molecule has 3 N–H and O–H groups in total. The Balaban J connectivity index is 2.12. The third-order valence-corrected chi connectivity index (χ3v) is 3.29. The molecule has 0 atom stereocenters. The zero-order valence-electron chi connectivity index (χ0n) is 10.8. The van der Waals surface area contributed by atoms with E-state index in [0.29, 0.717) is 4.99 Å². The number of pyridine rings is 1. The Morgan fingerprint density at radius 2 is 2.00 bits per heavy atom. The number of anilines is 1. The van der Waals surface area contributed by atoms with Gasteiger partial charge in [0, 0.05) is 31.9 Å². The van der Waals surface area contributed by atoms with Crippen LogP contribution >= 0.6 is 12.2 Å². The van der Waals surface area contributed by atoms with Crippen molar-refractivity contribution in [3.05, 3.63) is 23.4 Å². The van der Waals surface area contributed by atoms with Crippen molar-refractivity contribution in [2.45, 2.75) is 6.92 Å². The number of hydrogen-bond acceptors (Lipinski definition) is 5. The summed E-state index contributed by atoms with van der Waals surface area (Å²) in [7, 11) is 2.13. The van der Waals surface area contributed by atoms with Crippen molar-refractivity contribution >= 4 is 23.0 Å². The lowest BCUT2D eigenvalue weighted by Crippen LogP contribution is -2.47. The number of piperazine rings is 1. The van der Waals surface area contributed by atoms with E-state index < -0.39 is 0 Å². The van der Waals surface area contributed by atoms with Gasteiger partial charge >= 0.3 is 0 Å². The van der Waals surface area contributed by atoms with Gasteiger partial charge in [0.05, 0.1) is 5.56 Å². The molecule has 6 heteroatoms. The lowest BCUT2D eigenvalue weighted by Gasteiger charge is -2.33. The molecular weight excluding hydrogens is 246 g/mol. The molecule has 1 aliphatic heterocycles. The second-order valence-corrected chi connectivity index (χ2v) is 5.06. The number of thiocarbonyl (C=S) groups is 1. The van der Waals surface area contributed by atoms with Gasteiger partial charge < -0.3 is 16.1 Å². The maximum absolute atomic E-state index is 5.72. The normalized spacial score (nSPS) is 17.7. The van der Waals surface area contributed by atoms with Crippen LogP contribution in [0, 0.1) is 6.92 Å². The number of hydrogen-bond donors (Lipinski definition) is 2. The lowest BCUT2D eigenvalue weighted by molar-refractivity contribution is 0.178. The molecule has 1 fully saturated rings. The maximum Gasteiger partial charge on any atom is 0.150 e. The van der Waals surface area contributed by atoms with E-state index in [-0.39, 0.29) is 0 Å². The summed E-state index contributed by atoms with van der Waals surface area (Å²) >= 11 is 5.05. The van der Waals surface area contributed by atoms with E-state index in [2.05, 4.69) is 27.4 Å². The Morgan fingerprint density at radius 1 is 1.33 bits per heavy atom. The molecule has 0 aromatic carbocycles. The van der Waals surface area contributed by atoms with Gasteiger partial charge in [0.1, 0.15) is 4.99 Å². The van der Waals surface area contributed by atoms with Crippen LogP contribution in [-0.2, 0) is 0 Å². The van der Waals surface area contributed by atoms with Gasteiger partial charge in [-0.1, -0.05) is 12.2 Å². The third-order valence-electron chi connectivity index (χ3n) is 3.07. The van der Waals surface area contributed by atoms with Crippen LogP contribution in [0.4, 0.5) is 5.82 Å². The second-order valence-electron chi connectivity index (χ2n) is 4.62. The van der Waals surface area contributed by atoms with Gasteiger partial charge in [0.2, 0.25) is 0 Å². The minimum Gasteiger partial charge on any atom is -0.389 e. The van der Waals surface area contributed by atoms with Crippen molar-refractivity contribution in [1.82, 2.24) is 14.9 Å². The number of aromatic nitrogens is 1. The van der Waals surface area contributed by atoms with Gasteiger partial charge in [-0.2, -0.15) is 0 Å². The number of likely N-dealkylation sites (N-methyl/N-ethyl adjacent to an activating group) is 1. The number of aryl methyl sites for hydroxylation is 1. The van der Waals surface area contributed by atoms with Crippen LogP contribution in [0.2, 0.25) is 0 Å². The highest BCUT2D eigenvalue weighted by Gasteiger charge is 2.16. The molecule has 0 aliphatic carbocycles. The van der Waals surface area contributed by atoms with Crippen LogP contribution in [-0.4, -0.2) is 53.1 Å². The number of nitrogens with zero attached hydrogens (tertiary/aromatic N) is 3. The monoisotopic (exact) mass is 265 g/mol. The summed E-state index contributed by atoms with van der Waals surface area (Å²) in [6, 6.07) is 3.84. The first-order valence-electron chi connectivity index (χ1n) is 6.04. The standard InChI is InChI=1S/C12H19N5S/c1-9-3-4-10(11(13)18)12(14-9)15-17-7-5-16(2)6-8-17/h3-4H,5-8H2,1-2H3,(H2,13,18)(H,14,15). The minimum absolute atomic E-state index is 0.374. The van der Waals surface area contributed by atoms with Crippen LogP contribution < -0.4 is 11.2 Å². The average Bonchev–Trinajstić information content (AvgIpc) is 2.32. The van der Waals surface area contributed by atoms with Crippen LogP contribution in [0.1, 0.15) is 11.3 Å². The molecule has 0 amide bonds. The third kappa shape index (κ3) is 3.16. The fraction of sp³-hybridized carbons (Fsp3) is 0.500. The van der Waals surface area contributed by atoms with E-state index in [1.807, 2.05) is 19.1 Å². The Hall–Kier alpha value is -1.24. The quantitative estimate of drug-likeness (QED) is 0.781. The predicted octanol–water partition coefficient (Wildman–Crippen LogP) is 0.599. The molecule has 1 aromatic heterocycles. The van der Waals surface area contributed by atoms with Gasteiger partial charge in [0.25, 0.3) is 0 Å². The van der Waals surface area contributed by atoms with Gasteiger partial charge in [-0.3, -0.25) is 0 Å². The predicted molar refractivity (Wildman–Crippen MR) is 77.6 cm³/mol. The Kier molecular flexibility index (Phi) is 4.11. The van der Waals surface area contributed by atoms with E-state index in [1.165, 1.54) is 0 Å². The highest BCUT2D eigenvalue weighted by Crippen LogP contribution is 2.15. The molecule has 2 heterocycles. The molecule has 0 bridgehead atoms. The van der Waals surface area contributed by atoms with Crippen LogP contribution in [0.3, 0.4) is 0 Å². The molecular formula is C12H19N5S. The fourth-order valence-electron chi connectivity index (χ4n) is 1.91. The molecule has 0 spiro atoms. The molecule has 1 aliphatic rings. The summed E-state index contributed by atoms with van der Waals surface area (Å²) in [6.45, 7) is 5.97. The highest BCUT2D eigenvalue weighted by molar-refractivity contribution is 7.80. The molecule has 98 valence electrons. The largest absolute Gasteiger partial charge is 0.389 e. The Bertz CT molecular complexity index is 440. The minimum atomic E-state index is 0.374. The zero-order valence-corrected chi connectivity index (χ0v) is 11.6. The zero-order chi connectivity index (χ0) is 13.1. The van der Waals surface area contributed by atoms with Gasteiger partial charge in [0.15, 0.2) is 5.82 Å². The SMILES string of the molecule is Cc1ccc(C(N)=S)c(NN2CCN(C)CC2)n1. The first-order chi connectivity index (χ1) is 8.56. The highest BCUT2D eigenvalue weighted by atomic mass is 32.1. The maximum atomic E-state index is 5.72. The number of nitrogens with one attached hydrogen (secondary N) is 1. The first kappa shape index (κ1) is 13.2. The van der Waals surface area contributed by atoms with Crippen LogP contribution in [0.15, 0.2) is 12.1 Å². The van der Waals surface area contributed by atoms with E-state index >= 15 is 0 Å². The molecule has 0 saturated carbocycles. The van der Waals surface area contributed by atoms with Crippen LogP contribution in [0.5, 0.6) is 0 Å². The average molecular weight is 265 g/mol.